The molecular weight excluding hydrogens is 490 g/mol. The maximum atomic E-state index is 14.0. The number of anilines is 2. The summed E-state index contributed by atoms with van der Waals surface area (Å²) in [5, 5.41) is 9.40. The van der Waals surface area contributed by atoms with Crippen LogP contribution in [-0.2, 0) is 4.74 Å². The largest absolute Gasteiger partial charge is 0.522 e. The maximum absolute atomic E-state index is 14.0. The monoisotopic (exact) mass is 513 g/mol. The molecule has 1 unspecified atom stereocenters. The standard InChI is InChI=1S/C22H23F4N5O3S/c1-12-17-19(31-15-5-4-13(23)9-16(15)34-14-3-2-6-27-10-14)29-11-30-21(17)35-18(12)20(32)28-7-8-33-22(24,25)26/h4-5,9,11,14,27H,2-3,6-8,10H2,1H3,(H,28,32)(H,29,30,31). The SMILES string of the molecule is Cc1c(C(=O)NCCOC(F)(F)F)sc2ncnc(Nc3ccc(F)cc3OC3CCCNC3)c12. The van der Waals surface area contributed by atoms with Crippen LogP contribution in [0.2, 0.25) is 0 Å². The third-order valence-corrected chi connectivity index (χ3v) is 6.53. The van der Waals surface area contributed by atoms with Crippen molar-refractivity contribution in [1.29, 1.82) is 0 Å². The Labute approximate surface area is 202 Å². The first-order valence-corrected chi connectivity index (χ1v) is 11.7. The zero-order valence-corrected chi connectivity index (χ0v) is 19.5. The van der Waals surface area contributed by atoms with Gasteiger partial charge in [0.15, 0.2) is 0 Å². The van der Waals surface area contributed by atoms with Crippen molar-refractivity contribution in [2.24, 2.45) is 0 Å². The summed E-state index contributed by atoms with van der Waals surface area (Å²) < 4.78 is 60.1. The fourth-order valence-corrected chi connectivity index (χ4v) is 4.78. The van der Waals surface area contributed by atoms with E-state index in [0.29, 0.717) is 44.5 Å². The van der Waals surface area contributed by atoms with Crippen LogP contribution < -0.4 is 20.7 Å². The summed E-state index contributed by atoms with van der Waals surface area (Å²) in [4.78, 5) is 21.9. The van der Waals surface area contributed by atoms with Crippen molar-refractivity contribution in [3.8, 4) is 5.75 Å². The molecule has 4 rings (SSSR count). The lowest BCUT2D eigenvalue weighted by atomic mass is 10.1. The van der Waals surface area contributed by atoms with Crippen LogP contribution in [0.4, 0.5) is 29.1 Å². The number of fused-ring (bicyclic) bond motifs is 1. The van der Waals surface area contributed by atoms with Crippen molar-refractivity contribution in [3.05, 3.63) is 40.8 Å². The third kappa shape index (κ3) is 6.35. The van der Waals surface area contributed by atoms with Crippen molar-refractivity contribution in [3.63, 3.8) is 0 Å². The number of ether oxygens (including phenoxy) is 2. The predicted molar refractivity (Wildman–Crippen MR) is 123 cm³/mol. The molecule has 3 aromatic rings. The van der Waals surface area contributed by atoms with Crippen LogP contribution in [0.5, 0.6) is 5.75 Å². The summed E-state index contributed by atoms with van der Waals surface area (Å²) in [7, 11) is 0. The number of nitrogens with one attached hydrogen (secondary N) is 3. The number of amides is 1. The van der Waals surface area contributed by atoms with E-state index in [2.05, 4.69) is 30.7 Å². The summed E-state index contributed by atoms with van der Waals surface area (Å²) in [6.45, 7) is 2.26. The van der Waals surface area contributed by atoms with Crippen LogP contribution in [0.3, 0.4) is 0 Å². The Morgan fingerprint density at radius 1 is 1.31 bits per heavy atom. The molecule has 0 radical (unpaired) electrons. The summed E-state index contributed by atoms with van der Waals surface area (Å²) in [5.41, 5.74) is 1.06. The lowest BCUT2D eigenvalue weighted by molar-refractivity contribution is -0.323. The van der Waals surface area contributed by atoms with Gasteiger partial charge in [0.1, 0.15) is 34.6 Å². The minimum absolute atomic E-state index is 0.101. The highest BCUT2D eigenvalue weighted by Gasteiger charge is 2.29. The van der Waals surface area contributed by atoms with Crippen molar-refractivity contribution in [2.75, 3.05) is 31.6 Å². The van der Waals surface area contributed by atoms with Crippen molar-refractivity contribution < 1.29 is 31.8 Å². The molecule has 1 aromatic carbocycles. The maximum Gasteiger partial charge on any atom is 0.522 e. The van der Waals surface area contributed by atoms with Crippen LogP contribution >= 0.6 is 11.3 Å². The fraction of sp³-hybridized carbons (Fsp3) is 0.409. The number of benzene rings is 1. The van der Waals surface area contributed by atoms with Gasteiger partial charge in [0, 0.05) is 19.2 Å². The van der Waals surface area contributed by atoms with Crippen molar-refractivity contribution in [2.45, 2.75) is 32.2 Å². The minimum Gasteiger partial charge on any atom is -0.487 e. The van der Waals surface area contributed by atoms with E-state index < -0.39 is 24.7 Å². The Balaban J connectivity index is 1.55. The van der Waals surface area contributed by atoms with Gasteiger partial charge in [-0.2, -0.15) is 0 Å². The number of piperidine rings is 1. The zero-order chi connectivity index (χ0) is 25.0. The molecule has 13 heteroatoms. The average Bonchev–Trinajstić information content (AvgIpc) is 3.16. The van der Waals surface area contributed by atoms with E-state index in [1.807, 2.05) is 0 Å². The van der Waals surface area contributed by atoms with E-state index >= 15 is 0 Å². The molecule has 1 aliphatic heterocycles. The van der Waals surface area contributed by atoms with Crippen LogP contribution in [0.15, 0.2) is 24.5 Å². The van der Waals surface area contributed by atoms with Gasteiger partial charge in [0.2, 0.25) is 0 Å². The third-order valence-electron chi connectivity index (χ3n) is 5.33. The van der Waals surface area contributed by atoms with Gasteiger partial charge in [-0.05, 0) is 44.0 Å². The van der Waals surface area contributed by atoms with E-state index in [9.17, 15) is 22.4 Å². The summed E-state index contributed by atoms with van der Waals surface area (Å²) >= 11 is 1.09. The van der Waals surface area contributed by atoms with Gasteiger partial charge in [-0.3, -0.25) is 9.53 Å². The van der Waals surface area contributed by atoms with Gasteiger partial charge in [-0.25, -0.2) is 14.4 Å². The molecule has 1 saturated heterocycles. The molecule has 1 atom stereocenters. The van der Waals surface area contributed by atoms with E-state index in [0.717, 1.165) is 30.7 Å². The smallest absolute Gasteiger partial charge is 0.487 e. The predicted octanol–water partition coefficient (Wildman–Crippen LogP) is 4.28. The minimum atomic E-state index is -4.76. The van der Waals surface area contributed by atoms with Gasteiger partial charge in [0.05, 0.1) is 22.6 Å². The second-order valence-corrected chi connectivity index (χ2v) is 8.86. The molecular formula is C22H23F4N5O3S. The molecule has 35 heavy (non-hydrogen) atoms. The Bertz CT molecular complexity index is 1200. The summed E-state index contributed by atoms with van der Waals surface area (Å²) in [6.07, 6.45) is -1.73. The molecule has 3 heterocycles. The quantitative estimate of drug-likeness (QED) is 0.306. The lowest BCUT2D eigenvalue weighted by Gasteiger charge is -2.25. The van der Waals surface area contributed by atoms with E-state index in [-0.39, 0.29) is 12.6 Å². The Morgan fingerprint density at radius 2 is 2.14 bits per heavy atom. The molecule has 188 valence electrons. The first-order valence-electron chi connectivity index (χ1n) is 10.9. The fourth-order valence-electron chi connectivity index (χ4n) is 3.72. The molecule has 0 saturated carbocycles. The Morgan fingerprint density at radius 3 is 2.89 bits per heavy atom. The molecule has 1 fully saturated rings. The number of alkyl halides is 3. The highest BCUT2D eigenvalue weighted by Crippen LogP contribution is 2.37. The normalized spacial score (nSPS) is 16.3. The number of thiophene rings is 1. The molecule has 0 bridgehead atoms. The highest BCUT2D eigenvalue weighted by atomic mass is 32.1. The van der Waals surface area contributed by atoms with Crippen LogP contribution in [0.1, 0.15) is 28.1 Å². The first-order chi connectivity index (χ1) is 16.7. The van der Waals surface area contributed by atoms with Crippen LogP contribution in [-0.4, -0.2) is 54.6 Å². The molecule has 1 amide bonds. The van der Waals surface area contributed by atoms with Gasteiger partial charge in [-0.1, -0.05) is 0 Å². The molecule has 8 nitrogen and oxygen atoms in total. The van der Waals surface area contributed by atoms with E-state index in [4.69, 9.17) is 4.74 Å². The highest BCUT2D eigenvalue weighted by molar-refractivity contribution is 7.20. The molecule has 3 N–H and O–H groups in total. The lowest BCUT2D eigenvalue weighted by Crippen LogP contribution is -2.37. The second kappa shape index (κ2) is 10.7. The van der Waals surface area contributed by atoms with Gasteiger partial charge in [0.25, 0.3) is 5.91 Å². The number of carbonyl (C=O) groups excluding carboxylic acids is 1. The number of aryl methyl sites for hydroxylation is 1. The Hall–Kier alpha value is -3.03. The first kappa shape index (κ1) is 25.1. The number of halogens is 4. The topological polar surface area (TPSA) is 97.4 Å². The number of aromatic nitrogens is 2. The molecule has 0 aliphatic carbocycles. The molecule has 0 spiro atoms. The Kier molecular flexibility index (Phi) is 7.67. The van der Waals surface area contributed by atoms with Gasteiger partial charge < -0.3 is 20.7 Å². The van der Waals surface area contributed by atoms with E-state index in [1.54, 1.807) is 13.0 Å². The van der Waals surface area contributed by atoms with Crippen LogP contribution in [0, 0.1) is 12.7 Å². The van der Waals surface area contributed by atoms with Crippen LogP contribution in [0.25, 0.3) is 10.2 Å². The summed E-state index contributed by atoms with van der Waals surface area (Å²) in [5.74, 6) is -0.262. The molecule has 1 aliphatic rings. The van der Waals surface area contributed by atoms with E-state index in [1.165, 1.54) is 18.5 Å². The average molecular weight is 514 g/mol. The number of rotatable bonds is 8. The number of nitrogens with zero attached hydrogens (tertiary/aromatic N) is 2. The number of carbonyl (C=O) groups is 1. The van der Waals surface area contributed by atoms with Gasteiger partial charge in [-0.15, -0.1) is 24.5 Å². The number of hydrogen-bond donors (Lipinski definition) is 3. The zero-order valence-electron chi connectivity index (χ0n) is 18.7. The van der Waals surface area contributed by atoms with Gasteiger partial charge >= 0.3 is 6.36 Å². The number of hydrogen-bond acceptors (Lipinski definition) is 8. The van der Waals surface area contributed by atoms with Crippen molar-refractivity contribution in [1.82, 2.24) is 20.6 Å². The summed E-state index contributed by atoms with van der Waals surface area (Å²) in [6, 6.07) is 4.15. The molecule has 2 aromatic heterocycles. The second-order valence-electron chi connectivity index (χ2n) is 7.86. The van der Waals surface area contributed by atoms with Crippen molar-refractivity contribution >= 4 is 39.0 Å².